The number of imidazole rings is 1. The average molecular weight is 380 g/mol. The van der Waals surface area contributed by atoms with Gasteiger partial charge in [-0.05, 0) is 30.7 Å². The second-order valence-corrected chi connectivity index (χ2v) is 6.44. The maximum Gasteiger partial charge on any atom is 0.240 e. The Bertz CT molecular complexity index is 976. The van der Waals surface area contributed by atoms with Crippen LogP contribution < -0.4 is 19.7 Å². The Morgan fingerprint density at radius 1 is 1.29 bits per heavy atom. The fraction of sp³-hybridized carbons (Fsp3) is 0.263. The fourth-order valence-electron chi connectivity index (χ4n) is 2.90. The summed E-state index contributed by atoms with van der Waals surface area (Å²) in [6.07, 6.45) is 6.70. The number of benzene rings is 1. The van der Waals surface area contributed by atoms with Crippen LogP contribution in [0.4, 0.5) is 5.82 Å². The first-order valence-corrected chi connectivity index (χ1v) is 8.81. The summed E-state index contributed by atoms with van der Waals surface area (Å²) in [6.45, 7) is 2.32. The monoisotopic (exact) mass is 380 g/mol. The highest BCUT2D eigenvalue weighted by Crippen LogP contribution is 2.34. The van der Waals surface area contributed by atoms with Crippen molar-refractivity contribution in [2.75, 3.05) is 25.3 Å². The highest BCUT2D eigenvalue weighted by molar-refractivity contribution is 5.81. The minimum atomic E-state index is -0.165. The second-order valence-electron chi connectivity index (χ2n) is 6.44. The molecule has 1 unspecified atom stereocenters. The zero-order valence-corrected chi connectivity index (χ0v) is 15.6. The van der Waals surface area contributed by atoms with Crippen LogP contribution in [0.2, 0.25) is 0 Å². The number of nitrogens with one attached hydrogen (secondary N) is 1. The van der Waals surface area contributed by atoms with Crippen molar-refractivity contribution >= 4 is 11.7 Å². The molecule has 2 aromatic heterocycles. The third kappa shape index (κ3) is 3.73. The molecular formula is C19H20N6O3. The zero-order valence-electron chi connectivity index (χ0n) is 15.6. The van der Waals surface area contributed by atoms with Crippen LogP contribution in [-0.4, -0.2) is 45.8 Å². The minimum Gasteiger partial charge on any atom is -0.454 e. The Balaban J connectivity index is 1.39. The maximum absolute atomic E-state index is 12.5. The Morgan fingerprint density at radius 2 is 2.14 bits per heavy atom. The van der Waals surface area contributed by atoms with E-state index < -0.39 is 0 Å². The molecular weight excluding hydrogens is 360 g/mol. The Morgan fingerprint density at radius 3 is 2.96 bits per heavy atom. The lowest BCUT2D eigenvalue weighted by atomic mass is 10.1. The van der Waals surface area contributed by atoms with E-state index in [0.717, 1.165) is 11.3 Å². The number of fused-ring (bicyclic) bond motifs is 1. The van der Waals surface area contributed by atoms with Gasteiger partial charge >= 0.3 is 0 Å². The number of nitrogens with zero attached hydrogens (tertiary/aromatic N) is 5. The van der Waals surface area contributed by atoms with E-state index in [0.29, 0.717) is 17.5 Å². The molecule has 144 valence electrons. The summed E-state index contributed by atoms with van der Waals surface area (Å²) in [6, 6.07) is 7.25. The van der Waals surface area contributed by atoms with E-state index in [1.54, 1.807) is 40.5 Å². The molecule has 1 aromatic carbocycles. The van der Waals surface area contributed by atoms with Crippen molar-refractivity contribution in [1.29, 1.82) is 0 Å². The van der Waals surface area contributed by atoms with Crippen molar-refractivity contribution in [3.63, 3.8) is 0 Å². The number of likely N-dealkylation sites (N-methyl/N-ethyl adjacent to an activating group) is 1. The predicted octanol–water partition coefficient (Wildman–Crippen LogP) is 1.70. The highest BCUT2D eigenvalue weighted by atomic mass is 16.7. The van der Waals surface area contributed by atoms with E-state index in [2.05, 4.69) is 20.3 Å². The quantitative estimate of drug-likeness (QED) is 0.696. The van der Waals surface area contributed by atoms with Crippen LogP contribution >= 0.6 is 0 Å². The lowest BCUT2D eigenvalue weighted by Crippen LogP contribution is -2.36. The van der Waals surface area contributed by atoms with Gasteiger partial charge in [-0.3, -0.25) is 9.36 Å². The molecule has 0 saturated carbocycles. The van der Waals surface area contributed by atoms with E-state index in [1.807, 2.05) is 32.2 Å². The molecule has 0 radical (unpaired) electrons. The molecule has 9 heteroatoms. The molecule has 0 saturated heterocycles. The zero-order chi connectivity index (χ0) is 19.5. The molecule has 4 rings (SSSR count). The molecule has 1 atom stereocenters. The van der Waals surface area contributed by atoms with Gasteiger partial charge in [-0.2, -0.15) is 4.98 Å². The number of aromatic nitrogens is 4. The molecule has 1 aliphatic heterocycles. The Hall–Kier alpha value is -3.62. The molecule has 1 N–H and O–H groups in total. The number of carbonyl (C=O) groups is 1. The Kier molecular flexibility index (Phi) is 4.79. The van der Waals surface area contributed by atoms with Gasteiger partial charge in [0.25, 0.3) is 0 Å². The van der Waals surface area contributed by atoms with Crippen LogP contribution in [0.25, 0.3) is 5.95 Å². The summed E-state index contributed by atoms with van der Waals surface area (Å²) in [5.41, 5.74) is 0.949. The van der Waals surface area contributed by atoms with E-state index in [-0.39, 0.29) is 25.3 Å². The van der Waals surface area contributed by atoms with E-state index in [9.17, 15) is 4.79 Å². The first-order valence-electron chi connectivity index (χ1n) is 8.81. The molecule has 3 aromatic rings. The SMILES string of the molecule is CC(NC(=O)CN(C)c1ccnc(-n2ccnc2)n1)c1ccc2c(c1)OCO2. The summed E-state index contributed by atoms with van der Waals surface area (Å²) < 4.78 is 12.4. The number of carbonyl (C=O) groups excluding carboxylic acids is 1. The molecule has 1 aliphatic rings. The number of rotatable bonds is 6. The summed E-state index contributed by atoms with van der Waals surface area (Å²) >= 11 is 0. The van der Waals surface area contributed by atoms with Gasteiger partial charge in [-0.15, -0.1) is 0 Å². The molecule has 0 spiro atoms. The van der Waals surface area contributed by atoms with E-state index >= 15 is 0 Å². The normalized spacial score (nSPS) is 13.2. The van der Waals surface area contributed by atoms with Crippen molar-refractivity contribution in [2.24, 2.45) is 0 Å². The van der Waals surface area contributed by atoms with Gasteiger partial charge in [0.2, 0.25) is 18.6 Å². The average Bonchev–Trinajstić information content (AvgIpc) is 3.39. The van der Waals surface area contributed by atoms with Gasteiger partial charge in [0.05, 0.1) is 12.6 Å². The van der Waals surface area contributed by atoms with Gasteiger partial charge in [-0.25, -0.2) is 9.97 Å². The van der Waals surface area contributed by atoms with Crippen molar-refractivity contribution < 1.29 is 14.3 Å². The summed E-state index contributed by atoms with van der Waals surface area (Å²) in [5, 5.41) is 2.99. The maximum atomic E-state index is 12.5. The minimum absolute atomic E-state index is 0.115. The number of anilines is 1. The fourth-order valence-corrected chi connectivity index (χ4v) is 2.90. The smallest absolute Gasteiger partial charge is 0.240 e. The van der Waals surface area contributed by atoms with Crippen molar-refractivity contribution in [1.82, 2.24) is 24.8 Å². The molecule has 28 heavy (non-hydrogen) atoms. The van der Waals surface area contributed by atoms with Gasteiger partial charge < -0.3 is 19.7 Å². The van der Waals surface area contributed by atoms with Crippen molar-refractivity contribution in [2.45, 2.75) is 13.0 Å². The summed E-state index contributed by atoms with van der Waals surface area (Å²) in [4.78, 5) is 26.9. The van der Waals surface area contributed by atoms with Gasteiger partial charge in [0.1, 0.15) is 12.1 Å². The van der Waals surface area contributed by atoms with Crippen LogP contribution in [0.1, 0.15) is 18.5 Å². The van der Waals surface area contributed by atoms with Gasteiger partial charge in [0.15, 0.2) is 11.5 Å². The topological polar surface area (TPSA) is 94.4 Å². The lowest BCUT2D eigenvalue weighted by Gasteiger charge is -2.20. The van der Waals surface area contributed by atoms with Crippen LogP contribution in [0.15, 0.2) is 49.2 Å². The third-order valence-electron chi connectivity index (χ3n) is 4.41. The first kappa shape index (κ1) is 17.8. The summed E-state index contributed by atoms with van der Waals surface area (Å²) in [5.74, 6) is 2.44. The number of hydrogen-bond donors (Lipinski definition) is 1. The third-order valence-corrected chi connectivity index (χ3v) is 4.41. The lowest BCUT2D eigenvalue weighted by molar-refractivity contribution is -0.120. The molecule has 3 heterocycles. The largest absolute Gasteiger partial charge is 0.454 e. The van der Waals surface area contributed by atoms with E-state index in [1.165, 1.54) is 0 Å². The van der Waals surface area contributed by atoms with Crippen LogP contribution in [0.5, 0.6) is 11.5 Å². The van der Waals surface area contributed by atoms with Gasteiger partial charge in [0, 0.05) is 25.6 Å². The number of hydrogen-bond acceptors (Lipinski definition) is 7. The van der Waals surface area contributed by atoms with Crippen LogP contribution in [0.3, 0.4) is 0 Å². The van der Waals surface area contributed by atoms with Crippen molar-refractivity contribution in [3.8, 4) is 17.4 Å². The summed E-state index contributed by atoms with van der Waals surface area (Å²) in [7, 11) is 1.81. The van der Waals surface area contributed by atoms with Crippen LogP contribution in [-0.2, 0) is 4.79 Å². The number of amides is 1. The first-order chi connectivity index (χ1) is 13.6. The van der Waals surface area contributed by atoms with Gasteiger partial charge in [-0.1, -0.05) is 6.07 Å². The molecule has 1 amide bonds. The standard InChI is InChI=1S/C19H20N6O3/c1-13(14-3-4-15-16(9-14)28-12-27-15)22-18(26)10-24(2)17-5-6-21-19(23-17)25-8-7-20-11-25/h3-9,11,13H,10,12H2,1-2H3,(H,22,26). The van der Waals surface area contributed by atoms with Crippen molar-refractivity contribution in [3.05, 3.63) is 54.7 Å². The molecule has 0 bridgehead atoms. The molecule has 0 aliphatic carbocycles. The molecule has 9 nitrogen and oxygen atoms in total. The second kappa shape index (κ2) is 7.55. The highest BCUT2D eigenvalue weighted by Gasteiger charge is 2.18. The van der Waals surface area contributed by atoms with E-state index in [4.69, 9.17) is 9.47 Å². The van der Waals surface area contributed by atoms with Crippen LogP contribution in [0, 0.1) is 0 Å². The molecule has 0 fully saturated rings. The number of ether oxygens (including phenoxy) is 2. The Labute approximate surface area is 162 Å². The predicted molar refractivity (Wildman–Crippen MR) is 102 cm³/mol.